The summed E-state index contributed by atoms with van der Waals surface area (Å²) < 4.78 is 0. The Morgan fingerprint density at radius 2 is 2.21 bits per heavy atom. The maximum absolute atomic E-state index is 9.00. The summed E-state index contributed by atoms with van der Waals surface area (Å²) >= 11 is 1.46. The molecular weight excluding hydrogens is 320 g/mol. The average Bonchev–Trinajstić information content (AvgIpc) is 3.33. The molecule has 3 aromatic heterocycles. The minimum atomic E-state index is 0.0599. The Kier molecular flexibility index (Phi) is 3.62. The lowest BCUT2D eigenvalue weighted by molar-refractivity contribution is 0.936. The summed E-state index contributed by atoms with van der Waals surface area (Å²) in [4.78, 5) is 16.3. The number of anilines is 1. The van der Waals surface area contributed by atoms with Gasteiger partial charge in [-0.05, 0) is 37.3 Å². The smallest absolute Gasteiger partial charge is 0.191 e. The number of hydrogen-bond donors (Lipinski definition) is 2. The molecule has 0 amide bonds. The maximum Gasteiger partial charge on any atom is 0.191 e. The van der Waals surface area contributed by atoms with Crippen molar-refractivity contribution in [1.29, 1.82) is 5.26 Å². The van der Waals surface area contributed by atoms with Gasteiger partial charge in [0.25, 0.3) is 0 Å². The minimum absolute atomic E-state index is 0.0599. The molecule has 6 nitrogen and oxygen atoms in total. The van der Waals surface area contributed by atoms with Crippen LogP contribution in [0.25, 0.3) is 10.9 Å². The van der Waals surface area contributed by atoms with E-state index in [1.54, 1.807) is 0 Å². The van der Waals surface area contributed by atoms with Gasteiger partial charge in [0.05, 0.1) is 22.7 Å². The van der Waals surface area contributed by atoms with Crippen molar-refractivity contribution in [3.05, 3.63) is 41.5 Å². The number of nitriles is 1. The predicted molar refractivity (Wildman–Crippen MR) is 93.5 cm³/mol. The highest BCUT2D eigenvalue weighted by Crippen LogP contribution is 2.43. The number of fused-ring (bicyclic) bond motifs is 1. The van der Waals surface area contributed by atoms with E-state index >= 15 is 0 Å². The number of nitrogen functional groups attached to an aromatic ring is 1. The molecule has 0 bridgehead atoms. The fourth-order valence-corrected chi connectivity index (χ4v) is 3.66. The molecule has 1 fully saturated rings. The molecule has 24 heavy (non-hydrogen) atoms. The fourth-order valence-electron chi connectivity index (χ4n) is 2.78. The van der Waals surface area contributed by atoms with Crippen LogP contribution >= 0.6 is 11.8 Å². The van der Waals surface area contributed by atoms with Crippen molar-refractivity contribution in [3.63, 3.8) is 0 Å². The van der Waals surface area contributed by atoms with Gasteiger partial charge in [-0.25, -0.2) is 9.97 Å². The van der Waals surface area contributed by atoms with Gasteiger partial charge in [0.1, 0.15) is 17.6 Å². The maximum atomic E-state index is 9.00. The second-order valence-electron chi connectivity index (χ2n) is 6.01. The van der Waals surface area contributed by atoms with Gasteiger partial charge >= 0.3 is 0 Å². The number of thioether (sulfide) groups is 1. The second kappa shape index (κ2) is 5.80. The van der Waals surface area contributed by atoms with E-state index in [4.69, 9.17) is 11.0 Å². The Bertz CT molecular complexity index is 953. The first kappa shape index (κ1) is 15.0. The van der Waals surface area contributed by atoms with Gasteiger partial charge in [-0.15, -0.1) is 0 Å². The Morgan fingerprint density at radius 1 is 1.38 bits per heavy atom. The molecule has 3 heterocycles. The number of nitrogens with two attached hydrogens (primary N) is 1. The molecule has 3 N–H and O–H groups in total. The number of aromatic nitrogens is 4. The van der Waals surface area contributed by atoms with Crippen molar-refractivity contribution in [2.45, 2.75) is 36.1 Å². The van der Waals surface area contributed by atoms with E-state index in [2.05, 4.69) is 39.1 Å². The third kappa shape index (κ3) is 2.81. The van der Waals surface area contributed by atoms with E-state index in [-0.39, 0.29) is 10.9 Å². The van der Waals surface area contributed by atoms with E-state index in [1.807, 2.05) is 12.3 Å². The molecule has 0 aromatic carbocycles. The summed E-state index contributed by atoms with van der Waals surface area (Å²) in [5.74, 6) is 0.994. The molecule has 0 saturated heterocycles. The number of H-pyrrole nitrogens is 1. The van der Waals surface area contributed by atoms with Crippen LogP contribution in [-0.2, 0) is 0 Å². The van der Waals surface area contributed by atoms with Gasteiger partial charge in [0, 0.05) is 17.6 Å². The van der Waals surface area contributed by atoms with Crippen molar-refractivity contribution in [1.82, 2.24) is 19.9 Å². The Labute approximate surface area is 143 Å². The predicted octanol–water partition coefficient (Wildman–Crippen LogP) is 3.54. The van der Waals surface area contributed by atoms with Gasteiger partial charge in [0.15, 0.2) is 5.16 Å². The summed E-state index contributed by atoms with van der Waals surface area (Å²) in [7, 11) is 0. The van der Waals surface area contributed by atoms with E-state index in [0.717, 1.165) is 11.2 Å². The number of rotatable bonds is 4. The SMILES string of the molecule is CC(Sc1nc(N)cc(C#N)n1)c1cc2c(C3CC3)c[nH]c2cn1. The average molecular weight is 336 g/mol. The summed E-state index contributed by atoms with van der Waals surface area (Å²) in [6.07, 6.45) is 6.52. The molecule has 0 aliphatic heterocycles. The molecular formula is C17H16N6S. The third-order valence-corrected chi connectivity index (χ3v) is 5.16. The van der Waals surface area contributed by atoms with E-state index in [0.29, 0.717) is 16.9 Å². The summed E-state index contributed by atoms with van der Waals surface area (Å²) in [5, 5.41) is 10.8. The lowest BCUT2D eigenvalue weighted by Gasteiger charge is -2.10. The van der Waals surface area contributed by atoms with Crippen LogP contribution in [0.4, 0.5) is 5.82 Å². The molecule has 1 atom stereocenters. The zero-order valence-electron chi connectivity index (χ0n) is 13.2. The molecule has 120 valence electrons. The van der Waals surface area contributed by atoms with Crippen LogP contribution < -0.4 is 5.73 Å². The highest BCUT2D eigenvalue weighted by atomic mass is 32.2. The first-order valence-electron chi connectivity index (χ1n) is 7.82. The molecule has 0 spiro atoms. The summed E-state index contributed by atoms with van der Waals surface area (Å²) in [6.45, 7) is 2.06. The largest absolute Gasteiger partial charge is 0.384 e. The van der Waals surface area contributed by atoms with Crippen molar-refractivity contribution in [2.75, 3.05) is 5.73 Å². The normalized spacial score (nSPS) is 15.3. The first-order chi connectivity index (χ1) is 11.6. The molecule has 0 radical (unpaired) electrons. The van der Waals surface area contributed by atoms with Crippen molar-refractivity contribution in [2.24, 2.45) is 0 Å². The van der Waals surface area contributed by atoms with Crippen LogP contribution in [-0.4, -0.2) is 19.9 Å². The van der Waals surface area contributed by atoms with Crippen LogP contribution in [0.3, 0.4) is 0 Å². The van der Waals surface area contributed by atoms with Gasteiger partial charge in [-0.3, -0.25) is 4.98 Å². The van der Waals surface area contributed by atoms with Crippen molar-refractivity contribution < 1.29 is 0 Å². The topological polar surface area (TPSA) is 104 Å². The third-order valence-electron chi connectivity index (χ3n) is 4.18. The number of hydrogen-bond acceptors (Lipinski definition) is 6. The summed E-state index contributed by atoms with van der Waals surface area (Å²) in [5.41, 5.74) is 9.45. The van der Waals surface area contributed by atoms with Crippen LogP contribution in [0, 0.1) is 11.3 Å². The Balaban J connectivity index is 1.63. The van der Waals surface area contributed by atoms with Gasteiger partial charge < -0.3 is 10.7 Å². The molecule has 3 aromatic rings. The molecule has 1 aliphatic carbocycles. The van der Waals surface area contributed by atoms with Gasteiger partial charge in [0.2, 0.25) is 0 Å². The van der Waals surface area contributed by atoms with E-state index < -0.39 is 0 Å². The standard InChI is InChI=1S/C17H16N6S/c1-9(24-17-22-11(6-18)4-16(19)23-17)14-5-12-13(10-2-3-10)7-20-15(12)8-21-14/h4-5,7-10,20H,2-3H2,1H3,(H2,19,22,23). The van der Waals surface area contributed by atoms with Crippen LogP contribution in [0.15, 0.2) is 29.7 Å². The highest BCUT2D eigenvalue weighted by molar-refractivity contribution is 7.99. The van der Waals surface area contributed by atoms with E-state index in [1.165, 1.54) is 41.6 Å². The Hall–Kier alpha value is -2.59. The van der Waals surface area contributed by atoms with Crippen LogP contribution in [0.5, 0.6) is 0 Å². The lowest BCUT2D eigenvalue weighted by atomic mass is 10.1. The van der Waals surface area contributed by atoms with Crippen molar-refractivity contribution >= 4 is 28.5 Å². The zero-order chi connectivity index (χ0) is 16.7. The van der Waals surface area contributed by atoms with E-state index in [9.17, 15) is 0 Å². The quantitative estimate of drug-likeness (QED) is 0.558. The minimum Gasteiger partial charge on any atom is -0.384 e. The number of aromatic amines is 1. The molecule has 1 saturated carbocycles. The monoisotopic (exact) mass is 336 g/mol. The van der Waals surface area contributed by atoms with Crippen LogP contribution in [0.2, 0.25) is 0 Å². The first-order valence-corrected chi connectivity index (χ1v) is 8.70. The summed E-state index contributed by atoms with van der Waals surface area (Å²) in [6, 6.07) is 5.63. The second-order valence-corrected chi connectivity index (χ2v) is 7.31. The van der Waals surface area contributed by atoms with Crippen molar-refractivity contribution in [3.8, 4) is 6.07 Å². The van der Waals surface area contributed by atoms with Gasteiger partial charge in [-0.2, -0.15) is 5.26 Å². The number of nitrogens with zero attached hydrogens (tertiary/aromatic N) is 4. The molecule has 4 rings (SSSR count). The molecule has 7 heteroatoms. The van der Waals surface area contributed by atoms with Gasteiger partial charge in [-0.1, -0.05) is 11.8 Å². The number of nitrogens with one attached hydrogen (secondary N) is 1. The number of pyridine rings is 1. The molecule has 1 unspecified atom stereocenters. The highest BCUT2D eigenvalue weighted by Gasteiger charge is 2.26. The fraction of sp³-hybridized carbons (Fsp3) is 0.294. The molecule has 1 aliphatic rings. The lowest BCUT2D eigenvalue weighted by Crippen LogP contribution is -1.99. The Morgan fingerprint density at radius 3 is 2.96 bits per heavy atom. The van der Waals surface area contributed by atoms with Crippen LogP contribution in [0.1, 0.15) is 47.9 Å². The zero-order valence-corrected chi connectivity index (χ0v) is 14.0.